The van der Waals surface area contributed by atoms with Gasteiger partial charge in [0.1, 0.15) is 23.9 Å². The van der Waals surface area contributed by atoms with Gasteiger partial charge in [-0.1, -0.05) is 41.4 Å². The van der Waals surface area contributed by atoms with E-state index in [2.05, 4.69) is 0 Å². The van der Waals surface area contributed by atoms with E-state index < -0.39 is 0 Å². The average molecular weight is 415 g/mol. The van der Waals surface area contributed by atoms with Crippen molar-refractivity contribution < 1.29 is 18.7 Å². The van der Waals surface area contributed by atoms with Gasteiger partial charge in [0.05, 0.1) is 15.6 Å². The van der Waals surface area contributed by atoms with Crippen molar-refractivity contribution >= 4 is 35.1 Å². The molecule has 0 atom stereocenters. The van der Waals surface area contributed by atoms with E-state index in [0.29, 0.717) is 32.7 Å². The molecule has 3 nitrogen and oxygen atoms in total. The molecule has 0 unspecified atom stereocenters. The minimum absolute atomic E-state index is 0.141. The highest BCUT2D eigenvalue weighted by Crippen LogP contribution is 2.35. The summed E-state index contributed by atoms with van der Waals surface area (Å²) in [5.41, 5.74) is 1.84. The highest BCUT2D eigenvalue weighted by atomic mass is 35.5. The lowest BCUT2D eigenvalue weighted by atomic mass is 10.1. The largest absolute Gasteiger partial charge is 0.489 e. The van der Waals surface area contributed by atoms with Crippen molar-refractivity contribution in [2.45, 2.75) is 6.61 Å². The summed E-state index contributed by atoms with van der Waals surface area (Å²) in [6.07, 6.45) is 1.52. The van der Waals surface area contributed by atoms with Crippen molar-refractivity contribution in [2.75, 3.05) is 0 Å². The number of carbonyl (C=O) groups excluding carboxylic acids is 1. The summed E-state index contributed by atoms with van der Waals surface area (Å²) in [5, 5.41) is 0.935. The molecule has 1 aliphatic heterocycles. The molecule has 0 spiro atoms. The zero-order chi connectivity index (χ0) is 19.7. The van der Waals surface area contributed by atoms with Crippen LogP contribution in [0.25, 0.3) is 6.08 Å². The van der Waals surface area contributed by atoms with Crippen molar-refractivity contribution in [1.82, 2.24) is 0 Å². The van der Waals surface area contributed by atoms with Gasteiger partial charge in [-0.3, -0.25) is 4.79 Å². The molecule has 0 radical (unpaired) electrons. The molecule has 0 amide bonds. The summed E-state index contributed by atoms with van der Waals surface area (Å²) in [6.45, 7) is 0.287. The lowest BCUT2D eigenvalue weighted by molar-refractivity contribution is 0.101. The van der Waals surface area contributed by atoms with Crippen molar-refractivity contribution in [2.24, 2.45) is 0 Å². The fourth-order valence-corrected chi connectivity index (χ4v) is 3.12. The van der Waals surface area contributed by atoms with Crippen LogP contribution in [0.5, 0.6) is 11.5 Å². The van der Waals surface area contributed by atoms with Crippen LogP contribution in [0.3, 0.4) is 0 Å². The zero-order valence-electron chi connectivity index (χ0n) is 14.4. The van der Waals surface area contributed by atoms with E-state index in [1.165, 1.54) is 18.2 Å². The first-order valence-electron chi connectivity index (χ1n) is 8.40. The smallest absolute Gasteiger partial charge is 0.231 e. The van der Waals surface area contributed by atoms with E-state index in [1.54, 1.807) is 42.5 Å². The number of fused-ring (bicyclic) bond motifs is 1. The van der Waals surface area contributed by atoms with E-state index in [9.17, 15) is 9.18 Å². The molecule has 1 aliphatic rings. The number of hydrogen-bond acceptors (Lipinski definition) is 3. The van der Waals surface area contributed by atoms with E-state index in [-0.39, 0.29) is 24.0 Å². The van der Waals surface area contributed by atoms with Crippen molar-refractivity contribution in [1.29, 1.82) is 0 Å². The number of Topliss-reactive ketones (excluding diaryl/α,β-unsaturated/α-hetero) is 1. The van der Waals surface area contributed by atoms with Gasteiger partial charge in [0.15, 0.2) is 5.76 Å². The van der Waals surface area contributed by atoms with Gasteiger partial charge in [-0.2, -0.15) is 0 Å². The summed E-state index contributed by atoms with van der Waals surface area (Å²) < 4.78 is 24.8. The second kappa shape index (κ2) is 7.66. The topological polar surface area (TPSA) is 35.5 Å². The summed E-state index contributed by atoms with van der Waals surface area (Å²) in [7, 11) is 0. The Morgan fingerprint density at radius 1 is 1.00 bits per heavy atom. The van der Waals surface area contributed by atoms with Gasteiger partial charge in [0.2, 0.25) is 5.78 Å². The molecular formula is C22H13Cl2FO3. The Bertz CT molecular complexity index is 1110. The Morgan fingerprint density at radius 3 is 2.64 bits per heavy atom. The highest BCUT2D eigenvalue weighted by molar-refractivity contribution is 6.42. The van der Waals surface area contributed by atoms with Crippen LogP contribution in [0, 0.1) is 5.82 Å². The molecule has 0 saturated carbocycles. The fraction of sp³-hybridized carbons (Fsp3) is 0.0455. The predicted molar refractivity (Wildman–Crippen MR) is 107 cm³/mol. The molecule has 0 saturated heterocycles. The third-order valence-corrected chi connectivity index (χ3v) is 4.92. The first-order valence-corrected chi connectivity index (χ1v) is 9.16. The molecule has 0 fully saturated rings. The number of carbonyl (C=O) groups is 1. The van der Waals surface area contributed by atoms with Gasteiger partial charge in [-0.25, -0.2) is 4.39 Å². The first kappa shape index (κ1) is 18.5. The molecule has 3 aromatic carbocycles. The van der Waals surface area contributed by atoms with Crippen LogP contribution in [-0.4, -0.2) is 5.78 Å². The summed E-state index contributed by atoms with van der Waals surface area (Å²) >= 11 is 11.9. The third kappa shape index (κ3) is 3.88. The standard InChI is InChI=1S/C22H13Cl2FO3/c23-18-7-4-14(9-19(18)24)12-27-16-5-6-17-20(11-16)28-21(22(17)26)10-13-2-1-3-15(25)8-13/h1-11H,12H2/b21-10-. The monoisotopic (exact) mass is 414 g/mol. The average Bonchev–Trinajstić information content (AvgIpc) is 2.98. The maximum Gasteiger partial charge on any atom is 0.231 e. The molecule has 0 aliphatic carbocycles. The summed E-state index contributed by atoms with van der Waals surface area (Å²) in [4.78, 5) is 12.5. The Hall–Kier alpha value is -2.82. The molecule has 1 heterocycles. The number of ether oxygens (including phenoxy) is 2. The van der Waals surface area contributed by atoms with Crippen LogP contribution >= 0.6 is 23.2 Å². The Kier molecular flexibility index (Phi) is 5.07. The Morgan fingerprint density at radius 2 is 1.86 bits per heavy atom. The Balaban J connectivity index is 1.51. The summed E-state index contributed by atoms with van der Waals surface area (Å²) in [6, 6.07) is 16.2. The van der Waals surface area contributed by atoms with Gasteiger partial charge in [-0.15, -0.1) is 0 Å². The Labute approximate surface area is 170 Å². The molecular weight excluding hydrogens is 402 g/mol. The van der Waals surface area contributed by atoms with Crippen molar-refractivity contribution in [3.05, 3.63) is 99.0 Å². The van der Waals surface area contributed by atoms with Crippen LogP contribution < -0.4 is 9.47 Å². The second-order valence-electron chi connectivity index (χ2n) is 6.19. The lowest BCUT2D eigenvalue weighted by Gasteiger charge is -2.08. The maximum absolute atomic E-state index is 13.3. The minimum Gasteiger partial charge on any atom is -0.489 e. The maximum atomic E-state index is 13.3. The molecule has 6 heteroatoms. The van der Waals surface area contributed by atoms with Crippen LogP contribution in [0.1, 0.15) is 21.5 Å². The number of benzene rings is 3. The van der Waals surface area contributed by atoms with E-state index >= 15 is 0 Å². The number of rotatable bonds is 4. The van der Waals surface area contributed by atoms with Gasteiger partial charge < -0.3 is 9.47 Å². The predicted octanol–water partition coefficient (Wildman–Crippen LogP) is 6.33. The second-order valence-corrected chi connectivity index (χ2v) is 7.00. The third-order valence-electron chi connectivity index (χ3n) is 4.18. The quantitative estimate of drug-likeness (QED) is 0.468. The fourth-order valence-electron chi connectivity index (χ4n) is 2.80. The van der Waals surface area contributed by atoms with Crippen LogP contribution in [0.4, 0.5) is 4.39 Å². The molecule has 0 aromatic heterocycles. The van der Waals surface area contributed by atoms with Gasteiger partial charge in [0.25, 0.3) is 0 Å². The van der Waals surface area contributed by atoms with Crippen LogP contribution in [-0.2, 0) is 6.61 Å². The highest BCUT2D eigenvalue weighted by Gasteiger charge is 2.27. The molecule has 0 N–H and O–H groups in total. The number of hydrogen-bond donors (Lipinski definition) is 0. The van der Waals surface area contributed by atoms with Crippen LogP contribution in [0.2, 0.25) is 10.0 Å². The molecule has 140 valence electrons. The summed E-state index contributed by atoms with van der Waals surface area (Å²) in [5.74, 6) is 0.455. The molecule has 0 bridgehead atoms. The minimum atomic E-state index is -0.379. The van der Waals surface area contributed by atoms with Crippen LogP contribution in [0.15, 0.2) is 66.4 Å². The van der Waals surface area contributed by atoms with Gasteiger partial charge >= 0.3 is 0 Å². The van der Waals surface area contributed by atoms with E-state index in [0.717, 1.165) is 5.56 Å². The van der Waals surface area contributed by atoms with Gasteiger partial charge in [0, 0.05) is 6.07 Å². The van der Waals surface area contributed by atoms with Crippen molar-refractivity contribution in [3.63, 3.8) is 0 Å². The SMILES string of the molecule is O=C1/C(=C/c2cccc(F)c2)Oc2cc(OCc3ccc(Cl)c(Cl)c3)ccc21. The first-order chi connectivity index (χ1) is 13.5. The van der Waals surface area contributed by atoms with Gasteiger partial charge in [-0.05, 0) is 53.6 Å². The molecule has 3 aromatic rings. The number of allylic oxidation sites excluding steroid dienone is 1. The lowest BCUT2D eigenvalue weighted by Crippen LogP contribution is -1.98. The van der Waals surface area contributed by atoms with Crippen molar-refractivity contribution in [3.8, 4) is 11.5 Å². The normalized spacial score (nSPS) is 14.1. The van der Waals surface area contributed by atoms with E-state index in [4.69, 9.17) is 32.7 Å². The number of ketones is 1. The molecule has 4 rings (SSSR count). The van der Waals surface area contributed by atoms with E-state index in [1.807, 2.05) is 6.07 Å². The molecule has 28 heavy (non-hydrogen) atoms. The zero-order valence-corrected chi connectivity index (χ0v) is 15.9. The number of halogens is 3.